The van der Waals surface area contributed by atoms with Gasteiger partial charge in [0.05, 0.1) is 10.8 Å². The molecule has 0 spiro atoms. The highest BCUT2D eigenvalue weighted by atomic mass is 35.5. The Kier molecular flexibility index (Phi) is 36.7. The van der Waals surface area contributed by atoms with E-state index in [4.69, 9.17) is 59.0 Å². The lowest BCUT2D eigenvalue weighted by molar-refractivity contribution is -0.164. The fourth-order valence-corrected chi connectivity index (χ4v) is 6.29. The van der Waals surface area contributed by atoms with Crippen LogP contribution in [0.1, 0.15) is 76.2 Å². The predicted octanol–water partition coefficient (Wildman–Crippen LogP) is 10.7. The van der Waals surface area contributed by atoms with Crippen molar-refractivity contribution in [1.82, 2.24) is 0 Å². The molecule has 4 rings (SSSR count). The van der Waals surface area contributed by atoms with Gasteiger partial charge in [-0.3, -0.25) is 14.4 Å². The molecular formula is C66H85ClO19. The van der Waals surface area contributed by atoms with Crippen molar-refractivity contribution in [3.8, 4) is 23.0 Å². The Balaban J connectivity index is 0.00000154. The molecule has 4 aromatic rings. The Morgan fingerprint density at radius 3 is 0.953 bits per heavy atom. The molecule has 0 saturated carbocycles. The molecule has 0 amide bonds. The fourth-order valence-electron chi connectivity index (χ4n) is 6.29. The number of benzene rings is 4. The van der Waals surface area contributed by atoms with Crippen LogP contribution in [-0.2, 0) is 62.0 Å². The minimum atomic E-state index is -1.19. The number of aliphatic hydroxyl groups excluding tert-OH is 2. The summed E-state index contributed by atoms with van der Waals surface area (Å²) in [4.78, 5) is 84.5. The van der Waals surface area contributed by atoms with Gasteiger partial charge in [0.25, 0.3) is 0 Å². The number of ether oxygens (including phenoxy) is 10. The summed E-state index contributed by atoms with van der Waals surface area (Å²) in [5, 5.41) is 19.5. The fraction of sp³-hybridized carbons (Fsp3) is 0.379. The van der Waals surface area contributed by atoms with Crippen LogP contribution in [0.5, 0.6) is 23.0 Å². The van der Waals surface area contributed by atoms with Gasteiger partial charge < -0.3 is 57.6 Å². The maximum Gasteiger partial charge on any atom is 0.333 e. The van der Waals surface area contributed by atoms with Crippen LogP contribution >= 0.6 is 11.6 Å². The average molecular weight is 1220 g/mol. The summed E-state index contributed by atoms with van der Waals surface area (Å²) in [5.41, 5.74) is -1.47. The first kappa shape index (κ1) is 77.5. The van der Waals surface area contributed by atoms with Gasteiger partial charge in [0.1, 0.15) is 88.1 Å². The van der Waals surface area contributed by atoms with E-state index < -0.39 is 76.3 Å². The Hall–Kier alpha value is -8.52. The number of rotatable bonds is 33. The first-order chi connectivity index (χ1) is 39.6. The molecule has 470 valence electrons. The van der Waals surface area contributed by atoms with Gasteiger partial charge in [0.2, 0.25) is 5.24 Å². The van der Waals surface area contributed by atoms with Crippen LogP contribution in [0.15, 0.2) is 182 Å². The van der Waals surface area contributed by atoms with Gasteiger partial charge >= 0.3 is 35.8 Å². The third kappa shape index (κ3) is 32.5. The second-order valence-electron chi connectivity index (χ2n) is 20.2. The molecule has 0 bridgehead atoms. The van der Waals surface area contributed by atoms with E-state index in [-0.39, 0.29) is 103 Å². The largest absolute Gasteiger partial charge is 0.491 e. The van der Waals surface area contributed by atoms with Gasteiger partial charge in [-0.25, -0.2) is 19.2 Å². The lowest BCUT2D eigenvalue weighted by atomic mass is 9.86. The minimum Gasteiger partial charge on any atom is -0.491 e. The molecule has 0 aliphatic carbocycles. The van der Waals surface area contributed by atoms with Crippen molar-refractivity contribution in [2.24, 2.45) is 10.8 Å². The quantitative estimate of drug-likeness (QED) is 0.0195. The number of carbonyl (C=O) groups excluding carboxylic acids is 7. The first-order valence-corrected chi connectivity index (χ1v) is 26.7. The van der Waals surface area contributed by atoms with Gasteiger partial charge in [-0.2, -0.15) is 0 Å². The predicted molar refractivity (Wildman–Crippen MR) is 327 cm³/mol. The molecule has 0 aliphatic heterocycles. The molecular weight excluding hydrogens is 1130 g/mol. The number of carbonyl (C=O) groups is 7. The van der Waals surface area contributed by atoms with E-state index in [1.54, 1.807) is 132 Å². The lowest BCUT2D eigenvalue weighted by Gasteiger charge is -2.25. The SMILES string of the molecule is C.C.C=C(C)C(=O)Cl.C=C(C)C(=O)OC(COC(=O)C(=C)CC(C)(C)C(=O)OCC(COc1ccccc1)OC(=O)C(=C)C)COc1ccccc1.C=C(CC(C)(C)C(=O)OCC(O)COc1ccccc1)C(=O)OCC(O)COc1ccccc1. The summed E-state index contributed by atoms with van der Waals surface area (Å²) in [6.45, 7) is 27.4. The summed E-state index contributed by atoms with van der Waals surface area (Å²) in [6, 6.07) is 35.7. The van der Waals surface area contributed by atoms with Crippen LogP contribution in [0.4, 0.5) is 0 Å². The topological polar surface area (TPSA) is 252 Å². The molecule has 4 unspecified atom stereocenters. The van der Waals surface area contributed by atoms with Gasteiger partial charge in [-0.15, -0.1) is 0 Å². The Morgan fingerprint density at radius 1 is 0.407 bits per heavy atom. The molecule has 0 aromatic heterocycles. The molecule has 0 heterocycles. The molecule has 4 atom stereocenters. The smallest absolute Gasteiger partial charge is 0.333 e. The Bertz CT molecular complexity index is 2790. The normalized spacial score (nSPS) is 11.8. The maximum atomic E-state index is 13.0. The zero-order valence-corrected chi connectivity index (χ0v) is 49.4. The zero-order chi connectivity index (χ0) is 62.8. The zero-order valence-electron chi connectivity index (χ0n) is 48.7. The molecule has 86 heavy (non-hydrogen) atoms. The highest BCUT2D eigenvalue weighted by Gasteiger charge is 2.35. The summed E-state index contributed by atoms with van der Waals surface area (Å²) in [7, 11) is 0. The first-order valence-electron chi connectivity index (χ1n) is 26.3. The van der Waals surface area contributed by atoms with Crippen LogP contribution in [0, 0.1) is 10.8 Å². The van der Waals surface area contributed by atoms with Crippen molar-refractivity contribution in [2.75, 3.05) is 52.9 Å². The summed E-state index contributed by atoms with van der Waals surface area (Å²) < 4.78 is 53.9. The Morgan fingerprint density at radius 2 is 0.663 bits per heavy atom. The Labute approximate surface area is 511 Å². The van der Waals surface area contributed by atoms with Gasteiger partial charge in [-0.05, 0) is 121 Å². The van der Waals surface area contributed by atoms with Crippen molar-refractivity contribution in [3.05, 3.63) is 182 Å². The van der Waals surface area contributed by atoms with Crippen LogP contribution in [0.2, 0.25) is 0 Å². The van der Waals surface area contributed by atoms with Crippen LogP contribution in [-0.4, -0.2) is 129 Å². The maximum absolute atomic E-state index is 13.0. The third-order valence-electron chi connectivity index (χ3n) is 10.9. The van der Waals surface area contributed by atoms with E-state index in [2.05, 4.69) is 32.9 Å². The summed E-state index contributed by atoms with van der Waals surface area (Å²) in [6.07, 6.45) is -3.98. The molecule has 4 aromatic carbocycles. The van der Waals surface area contributed by atoms with Crippen LogP contribution < -0.4 is 18.9 Å². The molecule has 20 heteroatoms. The van der Waals surface area contributed by atoms with E-state index in [0.717, 1.165) is 0 Å². The van der Waals surface area contributed by atoms with E-state index in [0.29, 0.717) is 28.6 Å². The van der Waals surface area contributed by atoms with Crippen molar-refractivity contribution < 1.29 is 91.1 Å². The van der Waals surface area contributed by atoms with Gasteiger partial charge in [-0.1, -0.05) is 121 Å². The standard InChI is InChI=1S/C34H40O10.C26H32O8.C4H5ClO.2CH4/c1-23(2)30(35)43-28(19-39-26-14-10-8-11-15-26)21-41-32(37)25(5)18-34(6,7)33(38)42-22-29(44-31(36)24(3)4)20-40-27-16-12-9-13-17-27;1-19(24(29)33-17-20(27)15-31-22-10-6-4-7-11-22)14-26(2,3)25(30)34-18-21(28)16-32-23-12-8-5-9-13-23;1-3(2)4(5)6;;/h8-17,28-29H,1,3,5,18-22H2,2,4,6-7H3;4-13,20-21,27-28H,1,14-18H2,2-3H3;1H2,2H3;2*1H4. The number of esters is 6. The van der Waals surface area contributed by atoms with E-state index in [1.807, 2.05) is 24.3 Å². The number of allylic oxidation sites excluding steroid dienone is 1. The van der Waals surface area contributed by atoms with Gasteiger partial charge in [0.15, 0.2) is 12.2 Å². The summed E-state index contributed by atoms with van der Waals surface area (Å²) >= 11 is 4.87. The molecule has 2 N–H and O–H groups in total. The minimum absolute atomic E-state index is 0. The highest BCUT2D eigenvalue weighted by Crippen LogP contribution is 2.29. The van der Waals surface area contributed by atoms with Crippen LogP contribution in [0.3, 0.4) is 0 Å². The van der Waals surface area contributed by atoms with Crippen molar-refractivity contribution >= 4 is 52.7 Å². The van der Waals surface area contributed by atoms with E-state index in [9.17, 15) is 43.8 Å². The second kappa shape index (κ2) is 40.7. The number of hydrogen-bond acceptors (Lipinski definition) is 19. The van der Waals surface area contributed by atoms with E-state index in [1.165, 1.54) is 13.8 Å². The molecule has 19 nitrogen and oxygen atoms in total. The molecule has 0 aliphatic rings. The van der Waals surface area contributed by atoms with Gasteiger partial charge in [0, 0.05) is 27.9 Å². The van der Waals surface area contributed by atoms with Crippen LogP contribution in [0.25, 0.3) is 0 Å². The summed E-state index contributed by atoms with van der Waals surface area (Å²) in [5.74, 6) is -1.80. The third-order valence-corrected chi connectivity index (χ3v) is 11.2. The molecule has 0 fully saturated rings. The number of hydrogen-bond donors (Lipinski definition) is 2. The second-order valence-corrected chi connectivity index (χ2v) is 20.5. The van der Waals surface area contributed by atoms with E-state index >= 15 is 0 Å². The number of para-hydroxylation sites is 4. The average Bonchev–Trinajstić information content (AvgIpc) is 3.67. The van der Waals surface area contributed by atoms with Crippen molar-refractivity contribution in [2.45, 2.75) is 101 Å². The molecule has 0 saturated heterocycles. The lowest BCUT2D eigenvalue weighted by Crippen LogP contribution is -2.35. The van der Waals surface area contributed by atoms with Crippen molar-refractivity contribution in [1.29, 1.82) is 0 Å². The molecule has 0 radical (unpaired) electrons. The highest BCUT2D eigenvalue weighted by molar-refractivity contribution is 6.67. The van der Waals surface area contributed by atoms with Crippen molar-refractivity contribution in [3.63, 3.8) is 0 Å². The number of aliphatic hydroxyl groups is 2. The number of halogens is 1. The monoisotopic (exact) mass is 1220 g/mol.